The van der Waals surface area contributed by atoms with Crippen molar-refractivity contribution in [3.05, 3.63) is 18.0 Å². The first-order chi connectivity index (χ1) is 8.26. The highest BCUT2D eigenvalue weighted by Crippen LogP contribution is 2.29. The molecule has 2 aliphatic rings. The maximum Gasteiger partial charge on any atom is 0.0661 e. The van der Waals surface area contributed by atoms with Crippen molar-refractivity contribution >= 4 is 0 Å². The Kier molecular flexibility index (Phi) is 2.92. The van der Waals surface area contributed by atoms with Gasteiger partial charge >= 0.3 is 0 Å². The lowest BCUT2D eigenvalue weighted by Gasteiger charge is -2.36. The topological polar surface area (TPSA) is 24.3 Å². The van der Waals surface area contributed by atoms with Gasteiger partial charge < -0.3 is 4.90 Å². The molecule has 0 radical (unpaired) electrons. The number of rotatable bonds is 2. The van der Waals surface area contributed by atoms with Gasteiger partial charge in [-0.1, -0.05) is 6.92 Å². The molecule has 4 nitrogen and oxygen atoms in total. The molecule has 3 rings (SSSR count). The van der Waals surface area contributed by atoms with E-state index in [0.717, 1.165) is 6.04 Å². The standard InChI is InChI=1S/C13H22N4/c1-3-15-4-5-16-10-13(6-12(16)9-15)17-8-11(2)7-14-17/h7-8,12-13H,3-6,9-10H2,1-2H3. The zero-order valence-electron chi connectivity index (χ0n) is 10.8. The van der Waals surface area contributed by atoms with Crippen LogP contribution in [0.4, 0.5) is 0 Å². The Hall–Kier alpha value is -0.870. The molecule has 1 aromatic heterocycles. The molecule has 17 heavy (non-hydrogen) atoms. The summed E-state index contributed by atoms with van der Waals surface area (Å²) in [6.07, 6.45) is 5.41. The summed E-state index contributed by atoms with van der Waals surface area (Å²) in [5.41, 5.74) is 1.27. The van der Waals surface area contributed by atoms with E-state index in [4.69, 9.17) is 0 Å². The highest BCUT2D eigenvalue weighted by molar-refractivity contribution is 5.02. The van der Waals surface area contributed by atoms with Crippen molar-refractivity contribution in [1.82, 2.24) is 19.6 Å². The summed E-state index contributed by atoms with van der Waals surface area (Å²) in [4.78, 5) is 5.21. The van der Waals surface area contributed by atoms with E-state index in [2.05, 4.69) is 39.6 Å². The van der Waals surface area contributed by atoms with Gasteiger partial charge in [0.2, 0.25) is 0 Å². The molecule has 0 spiro atoms. The second-order valence-electron chi connectivity index (χ2n) is 5.43. The van der Waals surface area contributed by atoms with E-state index in [9.17, 15) is 0 Å². The van der Waals surface area contributed by atoms with E-state index in [0.29, 0.717) is 6.04 Å². The van der Waals surface area contributed by atoms with Gasteiger partial charge in [0.05, 0.1) is 12.2 Å². The highest BCUT2D eigenvalue weighted by atomic mass is 15.4. The van der Waals surface area contributed by atoms with E-state index >= 15 is 0 Å². The normalized spacial score (nSPS) is 30.7. The number of nitrogens with zero attached hydrogens (tertiary/aromatic N) is 4. The zero-order valence-corrected chi connectivity index (χ0v) is 10.8. The minimum Gasteiger partial charge on any atom is -0.301 e. The average Bonchev–Trinajstić information content (AvgIpc) is 2.93. The molecule has 2 saturated heterocycles. The number of hydrogen-bond acceptors (Lipinski definition) is 3. The van der Waals surface area contributed by atoms with Gasteiger partial charge in [-0.2, -0.15) is 5.10 Å². The van der Waals surface area contributed by atoms with Crippen LogP contribution in [0.15, 0.2) is 12.4 Å². The Morgan fingerprint density at radius 1 is 1.29 bits per heavy atom. The number of hydrogen-bond donors (Lipinski definition) is 0. The monoisotopic (exact) mass is 234 g/mol. The van der Waals surface area contributed by atoms with Crippen LogP contribution >= 0.6 is 0 Å². The fraction of sp³-hybridized carbons (Fsp3) is 0.769. The molecule has 0 saturated carbocycles. The van der Waals surface area contributed by atoms with E-state index in [1.807, 2.05) is 6.20 Å². The summed E-state index contributed by atoms with van der Waals surface area (Å²) in [6.45, 7) is 10.5. The molecular weight excluding hydrogens is 212 g/mol. The quantitative estimate of drug-likeness (QED) is 0.767. The lowest BCUT2D eigenvalue weighted by atomic mass is 10.1. The number of aryl methyl sites for hydroxylation is 1. The third-order valence-electron chi connectivity index (χ3n) is 4.23. The molecule has 0 N–H and O–H groups in total. The number of fused-ring (bicyclic) bond motifs is 1. The van der Waals surface area contributed by atoms with E-state index in [-0.39, 0.29) is 0 Å². The lowest BCUT2D eigenvalue weighted by molar-refractivity contribution is 0.108. The van der Waals surface area contributed by atoms with Crippen LogP contribution in [0.5, 0.6) is 0 Å². The first-order valence-electron chi connectivity index (χ1n) is 6.73. The predicted molar refractivity (Wildman–Crippen MR) is 68.1 cm³/mol. The van der Waals surface area contributed by atoms with Crippen LogP contribution in [-0.2, 0) is 0 Å². The number of aromatic nitrogens is 2. The molecule has 0 amide bonds. The van der Waals surface area contributed by atoms with Crippen LogP contribution in [0.25, 0.3) is 0 Å². The molecule has 0 bridgehead atoms. The van der Waals surface area contributed by atoms with Crippen molar-refractivity contribution in [2.45, 2.75) is 32.4 Å². The van der Waals surface area contributed by atoms with Crippen LogP contribution in [0.1, 0.15) is 24.9 Å². The van der Waals surface area contributed by atoms with Crippen molar-refractivity contribution in [3.8, 4) is 0 Å². The Balaban J connectivity index is 1.68. The molecule has 2 fully saturated rings. The first kappa shape index (κ1) is 11.2. The van der Waals surface area contributed by atoms with Gasteiger partial charge in [-0.15, -0.1) is 0 Å². The summed E-state index contributed by atoms with van der Waals surface area (Å²) in [7, 11) is 0. The molecule has 94 valence electrons. The molecule has 0 aliphatic carbocycles. The van der Waals surface area contributed by atoms with Crippen molar-refractivity contribution in [2.24, 2.45) is 0 Å². The first-order valence-corrected chi connectivity index (χ1v) is 6.73. The van der Waals surface area contributed by atoms with Crippen LogP contribution in [0.3, 0.4) is 0 Å². The summed E-state index contributed by atoms with van der Waals surface area (Å²) in [6, 6.07) is 1.34. The number of likely N-dealkylation sites (N-methyl/N-ethyl adjacent to an activating group) is 1. The molecule has 3 heterocycles. The molecule has 0 aromatic carbocycles. The second kappa shape index (κ2) is 4.42. The molecule has 2 aliphatic heterocycles. The summed E-state index contributed by atoms with van der Waals surface area (Å²) in [5, 5.41) is 4.47. The van der Waals surface area contributed by atoms with E-state index in [1.165, 1.54) is 44.7 Å². The lowest BCUT2D eigenvalue weighted by Crippen LogP contribution is -2.49. The maximum atomic E-state index is 4.47. The highest BCUT2D eigenvalue weighted by Gasteiger charge is 2.36. The average molecular weight is 234 g/mol. The molecule has 1 aromatic rings. The van der Waals surface area contributed by atoms with Crippen LogP contribution in [0.2, 0.25) is 0 Å². The van der Waals surface area contributed by atoms with Gasteiger partial charge in [-0.25, -0.2) is 0 Å². The minimum absolute atomic E-state index is 0.588. The molecule has 2 atom stereocenters. The predicted octanol–water partition coefficient (Wildman–Crippen LogP) is 1.14. The second-order valence-corrected chi connectivity index (χ2v) is 5.43. The zero-order chi connectivity index (χ0) is 11.8. The van der Waals surface area contributed by atoms with Crippen molar-refractivity contribution in [1.29, 1.82) is 0 Å². The summed E-state index contributed by atoms with van der Waals surface area (Å²) >= 11 is 0. The minimum atomic E-state index is 0.588. The Morgan fingerprint density at radius 3 is 2.88 bits per heavy atom. The van der Waals surface area contributed by atoms with E-state index in [1.54, 1.807) is 0 Å². The van der Waals surface area contributed by atoms with Crippen LogP contribution in [-0.4, -0.2) is 58.3 Å². The maximum absolute atomic E-state index is 4.47. The Labute approximate surface area is 103 Å². The van der Waals surface area contributed by atoms with E-state index < -0.39 is 0 Å². The summed E-state index contributed by atoms with van der Waals surface area (Å²) < 4.78 is 2.17. The number of piperazine rings is 1. The summed E-state index contributed by atoms with van der Waals surface area (Å²) in [5.74, 6) is 0. The third-order valence-corrected chi connectivity index (χ3v) is 4.23. The molecule has 2 unspecified atom stereocenters. The van der Waals surface area contributed by atoms with Gasteiger partial charge in [0.1, 0.15) is 0 Å². The Morgan fingerprint density at radius 2 is 2.18 bits per heavy atom. The van der Waals surface area contributed by atoms with Crippen molar-refractivity contribution in [3.63, 3.8) is 0 Å². The SMILES string of the molecule is CCN1CCN2CC(n3cc(C)cn3)CC2C1. The molecule has 4 heteroatoms. The Bertz CT molecular complexity index is 387. The fourth-order valence-corrected chi connectivity index (χ4v) is 3.19. The van der Waals surface area contributed by atoms with Gasteiger partial charge in [-0.3, -0.25) is 9.58 Å². The smallest absolute Gasteiger partial charge is 0.0661 e. The van der Waals surface area contributed by atoms with Crippen molar-refractivity contribution in [2.75, 3.05) is 32.7 Å². The van der Waals surface area contributed by atoms with Crippen LogP contribution in [0, 0.1) is 6.92 Å². The van der Waals surface area contributed by atoms with Gasteiger partial charge in [0.25, 0.3) is 0 Å². The van der Waals surface area contributed by atoms with Crippen LogP contribution < -0.4 is 0 Å². The van der Waals surface area contributed by atoms with Crippen molar-refractivity contribution < 1.29 is 0 Å². The van der Waals surface area contributed by atoms with Gasteiger partial charge in [0, 0.05) is 38.4 Å². The van der Waals surface area contributed by atoms with Gasteiger partial charge in [0.15, 0.2) is 0 Å². The third kappa shape index (κ3) is 2.11. The fourth-order valence-electron chi connectivity index (χ4n) is 3.19. The largest absolute Gasteiger partial charge is 0.301 e. The molecular formula is C13H22N4. The van der Waals surface area contributed by atoms with Gasteiger partial charge in [-0.05, 0) is 25.5 Å².